The van der Waals surface area contributed by atoms with Gasteiger partial charge in [-0.25, -0.2) is 0 Å². The second-order valence-corrected chi connectivity index (χ2v) is 7.94. The van der Waals surface area contributed by atoms with Gasteiger partial charge in [-0.15, -0.1) is 10.2 Å². The molecule has 1 atom stereocenters. The average molecular weight is 375 g/mol. The van der Waals surface area contributed by atoms with Crippen molar-refractivity contribution in [1.82, 2.24) is 24.6 Å². The van der Waals surface area contributed by atoms with Gasteiger partial charge < -0.3 is 14.7 Å². The molecule has 0 saturated carbocycles. The molecule has 2 aromatic heterocycles. The Morgan fingerprint density at radius 2 is 1.85 bits per heavy atom. The fraction of sp³-hybridized carbons (Fsp3) is 0.611. The topological polar surface area (TPSA) is 57.5 Å². The van der Waals surface area contributed by atoms with Gasteiger partial charge in [-0.1, -0.05) is 18.3 Å². The second-order valence-electron chi connectivity index (χ2n) is 7.00. The van der Waals surface area contributed by atoms with Crippen LogP contribution in [0.25, 0.3) is 5.13 Å². The van der Waals surface area contributed by atoms with Crippen molar-refractivity contribution in [3.8, 4) is 5.13 Å². The molecular weight excluding hydrogens is 348 g/mol. The molecule has 0 unspecified atom stereocenters. The summed E-state index contributed by atoms with van der Waals surface area (Å²) in [6.45, 7) is 8.67. The van der Waals surface area contributed by atoms with Gasteiger partial charge >= 0.3 is 0 Å². The Bertz CT molecular complexity index is 722. The predicted octanol–water partition coefficient (Wildman–Crippen LogP) is 1.71. The molecule has 0 aliphatic carbocycles. The molecule has 2 aliphatic rings. The van der Waals surface area contributed by atoms with Gasteiger partial charge in [0.15, 0.2) is 0 Å². The first-order valence-corrected chi connectivity index (χ1v) is 10.3. The summed E-state index contributed by atoms with van der Waals surface area (Å²) in [6.07, 6.45) is 5.96. The molecule has 26 heavy (non-hydrogen) atoms. The zero-order valence-electron chi connectivity index (χ0n) is 15.3. The molecule has 0 spiro atoms. The van der Waals surface area contributed by atoms with Gasteiger partial charge in [-0.05, 0) is 31.5 Å². The molecule has 140 valence electrons. The monoisotopic (exact) mass is 374 g/mol. The summed E-state index contributed by atoms with van der Waals surface area (Å²) in [5.41, 5.74) is 0. The fourth-order valence-corrected chi connectivity index (χ4v) is 4.65. The van der Waals surface area contributed by atoms with Crippen LogP contribution in [-0.4, -0.2) is 76.3 Å². The van der Waals surface area contributed by atoms with E-state index in [1.54, 1.807) is 11.3 Å². The zero-order chi connectivity index (χ0) is 17.9. The van der Waals surface area contributed by atoms with Crippen molar-refractivity contribution >= 4 is 22.4 Å². The molecular formula is C18H26N6OS. The fourth-order valence-electron chi connectivity index (χ4n) is 3.80. The average Bonchev–Trinajstić information content (AvgIpc) is 3.39. The number of anilines is 1. The quantitative estimate of drug-likeness (QED) is 0.815. The maximum atomic E-state index is 13.0. The molecule has 0 N–H and O–H groups in total. The molecule has 0 bridgehead atoms. The van der Waals surface area contributed by atoms with Crippen LogP contribution in [0.2, 0.25) is 0 Å². The normalized spacial score (nSPS) is 22.0. The van der Waals surface area contributed by atoms with Crippen molar-refractivity contribution in [3.05, 3.63) is 24.5 Å². The van der Waals surface area contributed by atoms with E-state index in [1.165, 1.54) is 0 Å². The Labute approximate surface area is 158 Å². The molecule has 8 heteroatoms. The number of hydrogen-bond donors (Lipinski definition) is 0. The van der Waals surface area contributed by atoms with E-state index < -0.39 is 0 Å². The number of piperidine rings is 1. The van der Waals surface area contributed by atoms with Crippen LogP contribution in [0.1, 0.15) is 19.8 Å². The van der Waals surface area contributed by atoms with E-state index in [2.05, 4.69) is 31.8 Å². The van der Waals surface area contributed by atoms with Crippen molar-refractivity contribution in [2.24, 2.45) is 5.92 Å². The van der Waals surface area contributed by atoms with E-state index >= 15 is 0 Å². The number of carbonyl (C=O) groups excluding carboxylic acids is 1. The van der Waals surface area contributed by atoms with Crippen molar-refractivity contribution in [1.29, 1.82) is 0 Å². The number of amides is 1. The molecule has 1 amide bonds. The number of nitrogens with zero attached hydrogens (tertiary/aromatic N) is 6. The van der Waals surface area contributed by atoms with Gasteiger partial charge in [0.25, 0.3) is 0 Å². The van der Waals surface area contributed by atoms with Crippen LogP contribution in [0.4, 0.5) is 5.13 Å². The van der Waals surface area contributed by atoms with E-state index in [9.17, 15) is 4.79 Å². The minimum Gasteiger partial charge on any atom is -0.346 e. The Hall–Kier alpha value is -1.93. The lowest BCUT2D eigenvalue weighted by Gasteiger charge is -2.38. The number of hydrogen-bond acceptors (Lipinski definition) is 6. The van der Waals surface area contributed by atoms with Crippen LogP contribution in [0.3, 0.4) is 0 Å². The number of aromatic nitrogens is 3. The van der Waals surface area contributed by atoms with Crippen LogP contribution < -0.4 is 4.90 Å². The highest BCUT2D eigenvalue weighted by atomic mass is 32.1. The van der Waals surface area contributed by atoms with E-state index in [0.29, 0.717) is 5.91 Å². The first-order valence-electron chi connectivity index (χ1n) is 9.47. The molecule has 0 radical (unpaired) electrons. The molecule has 0 aromatic carbocycles. The smallest absolute Gasteiger partial charge is 0.227 e. The second kappa shape index (κ2) is 7.75. The van der Waals surface area contributed by atoms with Crippen molar-refractivity contribution in [2.45, 2.75) is 19.8 Å². The van der Waals surface area contributed by atoms with Gasteiger partial charge in [0.1, 0.15) is 0 Å². The van der Waals surface area contributed by atoms with Crippen LogP contribution >= 0.6 is 11.3 Å². The van der Waals surface area contributed by atoms with Crippen LogP contribution in [0.15, 0.2) is 24.5 Å². The third kappa shape index (κ3) is 3.61. The lowest BCUT2D eigenvalue weighted by molar-refractivity contribution is -0.137. The minimum atomic E-state index is 0.0795. The first kappa shape index (κ1) is 17.5. The molecule has 4 rings (SSSR count). The Morgan fingerprint density at radius 3 is 2.58 bits per heavy atom. The van der Waals surface area contributed by atoms with E-state index in [0.717, 1.165) is 68.9 Å². The van der Waals surface area contributed by atoms with Crippen LogP contribution in [0.5, 0.6) is 0 Å². The van der Waals surface area contributed by atoms with Gasteiger partial charge in [-0.2, -0.15) is 0 Å². The number of carbonyl (C=O) groups is 1. The van der Waals surface area contributed by atoms with Gasteiger partial charge in [-0.3, -0.25) is 9.36 Å². The highest BCUT2D eigenvalue weighted by molar-refractivity contribution is 7.17. The van der Waals surface area contributed by atoms with Crippen molar-refractivity contribution < 1.29 is 4.79 Å². The molecule has 4 heterocycles. The lowest BCUT2D eigenvalue weighted by atomic mass is 9.96. The lowest BCUT2D eigenvalue weighted by Crippen LogP contribution is -2.52. The number of rotatable bonds is 4. The Balaban J connectivity index is 1.39. The molecule has 7 nitrogen and oxygen atoms in total. The predicted molar refractivity (Wildman–Crippen MR) is 103 cm³/mol. The molecule has 2 fully saturated rings. The zero-order valence-corrected chi connectivity index (χ0v) is 16.1. The largest absolute Gasteiger partial charge is 0.346 e. The Morgan fingerprint density at radius 1 is 1.12 bits per heavy atom. The van der Waals surface area contributed by atoms with Gasteiger partial charge in [0.2, 0.25) is 16.2 Å². The first-order chi connectivity index (χ1) is 12.7. The van der Waals surface area contributed by atoms with Crippen LogP contribution in [0, 0.1) is 5.92 Å². The maximum Gasteiger partial charge on any atom is 0.227 e. The van der Waals surface area contributed by atoms with Gasteiger partial charge in [0.05, 0.1) is 5.92 Å². The Kier molecular flexibility index (Phi) is 5.21. The summed E-state index contributed by atoms with van der Waals surface area (Å²) in [5.74, 6) is 0.399. The molecule has 2 saturated heterocycles. The SMILES string of the molecule is CCN1CCN(C(=O)[C@@H]2CCCN(c3nnc(-n4cccc4)s3)C2)CC1. The summed E-state index contributed by atoms with van der Waals surface area (Å²) < 4.78 is 1.97. The highest BCUT2D eigenvalue weighted by Crippen LogP contribution is 2.28. The standard InChI is InChI=1S/C18H26N6OS/c1-2-21-10-12-22(13-11-21)16(25)15-6-5-9-24(14-15)18-20-19-17(26-18)23-7-3-4-8-23/h3-4,7-8,15H,2,5-6,9-14H2,1H3/t15-/m1/s1. The van der Waals surface area contributed by atoms with E-state index in [4.69, 9.17) is 0 Å². The third-order valence-corrected chi connectivity index (χ3v) is 6.40. The molecule has 2 aliphatic heterocycles. The summed E-state index contributed by atoms with van der Waals surface area (Å²) in [6, 6.07) is 3.96. The van der Waals surface area contributed by atoms with Crippen molar-refractivity contribution in [3.63, 3.8) is 0 Å². The summed E-state index contributed by atoms with van der Waals surface area (Å²) in [5, 5.41) is 10.5. The van der Waals surface area contributed by atoms with Crippen LogP contribution in [-0.2, 0) is 4.79 Å². The number of piperazine rings is 1. The maximum absolute atomic E-state index is 13.0. The summed E-state index contributed by atoms with van der Waals surface area (Å²) in [4.78, 5) is 19.7. The summed E-state index contributed by atoms with van der Waals surface area (Å²) >= 11 is 1.58. The minimum absolute atomic E-state index is 0.0795. The van der Waals surface area contributed by atoms with Gasteiger partial charge in [0, 0.05) is 51.7 Å². The third-order valence-electron chi connectivity index (χ3n) is 5.40. The van der Waals surface area contributed by atoms with Crippen molar-refractivity contribution in [2.75, 3.05) is 50.7 Å². The number of likely N-dealkylation sites (N-methyl/N-ethyl adjacent to an activating group) is 1. The highest BCUT2D eigenvalue weighted by Gasteiger charge is 2.32. The van der Waals surface area contributed by atoms with E-state index in [-0.39, 0.29) is 5.92 Å². The summed E-state index contributed by atoms with van der Waals surface area (Å²) in [7, 11) is 0. The molecule has 2 aromatic rings. The van der Waals surface area contributed by atoms with E-state index in [1.807, 2.05) is 29.1 Å².